The number of hydrogen-bond acceptors (Lipinski definition) is 5. The Morgan fingerprint density at radius 1 is 1.36 bits per heavy atom. The first-order valence-electron chi connectivity index (χ1n) is 13.6. The number of aliphatic imine (C=N–C) groups is 1. The van der Waals surface area contributed by atoms with Crippen LogP contribution in [0.4, 0.5) is 4.79 Å². The van der Waals surface area contributed by atoms with Gasteiger partial charge in [-0.1, -0.05) is 36.4 Å². The Bertz CT molecular complexity index is 1270. The Morgan fingerprint density at radius 2 is 2.10 bits per heavy atom. The number of aromatic amines is 1. The molecular formula is C31H39ClN4O3. The molecule has 0 saturated carbocycles. The van der Waals surface area contributed by atoms with Crippen LogP contribution in [-0.4, -0.2) is 50.5 Å². The molecule has 2 aromatic rings. The number of aromatic nitrogens is 2. The average molecular weight is 551 g/mol. The molecule has 8 heteroatoms. The molecule has 1 fully saturated rings. The summed E-state index contributed by atoms with van der Waals surface area (Å²) in [6, 6.07) is 6.05. The third-order valence-corrected chi connectivity index (χ3v) is 7.61. The summed E-state index contributed by atoms with van der Waals surface area (Å²) in [6.45, 7) is 12.9. The monoisotopic (exact) mass is 550 g/mol. The molecule has 1 aliphatic carbocycles. The molecule has 1 saturated heterocycles. The van der Waals surface area contributed by atoms with E-state index in [1.54, 1.807) is 18.7 Å². The number of imidazole rings is 1. The van der Waals surface area contributed by atoms with Crippen molar-refractivity contribution in [3.63, 3.8) is 0 Å². The number of hydrogen-bond donors (Lipinski definition) is 2. The lowest BCUT2D eigenvalue weighted by atomic mass is 9.74. The number of H-pyrrole nitrogens is 1. The Hall–Kier alpha value is -3.16. The van der Waals surface area contributed by atoms with Gasteiger partial charge in [0, 0.05) is 30.2 Å². The van der Waals surface area contributed by atoms with Crippen molar-refractivity contribution in [3.8, 4) is 0 Å². The normalized spacial score (nSPS) is 21.3. The van der Waals surface area contributed by atoms with Crippen LogP contribution in [0.1, 0.15) is 82.2 Å². The summed E-state index contributed by atoms with van der Waals surface area (Å²) >= 11 is 6.48. The molecule has 2 atom stereocenters. The zero-order chi connectivity index (χ0) is 28.2. The van der Waals surface area contributed by atoms with Crippen molar-refractivity contribution < 1.29 is 14.6 Å². The van der Waals surface area contributed by atoms with Crippen molar-refractivity contribution in [1.29, 1.82) is 0 Å². The zero-order valence-corrected chi connectivity index (χ0v) is 24.0. The van der Waals surface area contributed by atoms with E-state index in [2.05, 4.69) is 34.8 Å². The summed E-state index contributed by atoms with van der Waals surface area (Å²) in [6.07, 6.45) is 11.0. The number of nitrogens with zero attached hydrogens (tertiary/aromatic N) is 3. The Balaban J connectivity index is 1.65. The molecule has 2 aliphatic rings. The number of carbonyl (C=O) groups excluding carboxylic acids is 1. The summed E-state index contributed by atoms with van der Waals surface area (Å²) in [5.74, 6) is 0.272. The second-order valence-corrected chi connectivity index (χ2v) is 11.6. The van der Waals surface area contributed by atoms with Crippen LogP contribution in [0.2, 0.25) is 5.02 Å². The van der Waals surface area contributed by atoms with Gasteiger partial charge in [0.2, 0.25) is 0 Å². The largest absolute Gasteiger partial charge is 0.444 e. The van der Waals surface area contributed by atoms with Gasteiger partial charge in [0.05, 0.1) is 30.0 Å². The van der Waals surface area contributed by atoms with Crippen LogP contribution in [0.5, 0.6) is 0 Å². The van der Waals surface area contributed by atoms with Gasteiger partial charge in [-0.3, -0.25) is 4.99 Å². The number of aliphatic hydroxyl groups excluding tert-OH is 1. The maximum Gasteiger partial charge on any atom is 0.410 e. The van der Waals surface area contributed by atoms with E-state index >= 15 is 0 Å². The van der Waals surface area contributed by atoms with Crippen LogP contribution in [0, 0.1) is 5.92 Å². The summed E-state index contributed by atoms with van der Waals surface area (Å²) in [7, 11) is 0. The van der Waals surface area contributed by atoms with E-state index in [9.17, 15) is 9.90 Å². The average Bonchev–Trinajstić information content (AvgIpc) is 3.39. The fraction of sp³-hybridized carbons (Fsp3) is 0.452. The lowest BCUT2D eigenvalue weighted by Crippen LogP contribution is -2.43. The standard InChI is InChI=1S/C31H39ClN4O3/c1-6-24-21(8-11-27(37)26-18-33-19-35-26)16-22-17-23(32)9-10-25(22)28(29(24)34-7-2)20-12-14-36(15-13-20)30(38)39-31(3,4)5/h6-7,9-10,16-20,27-28,37H,2,8,11-15H2,1,3-5H3,(H,33,35)/b24-6-,34-29?. The molecule has 0 bridgehead atoms. The van der Waals surface area contributed by atoms with Crippen molar-refractivity contribution in [2.75, 3.05) is 13.1 Å². The van der Waals surface area contributed by atoms with E-state index in [1.165, 1.54) is 5.56 Å². The minimum Gasteiger partial charge on any atom is -0.444 e. The van der Waals surface area contributed by atoms with Gasteiger partial charge in [-0.2, -0.15) is 0 Å². The molecule has 39 heavy (non-hydrogen) atoms. The van der Waals surface area contributed by atoms with Crippen molar-refractivity contribution in [2.24, 2.45) is 10.9 Å². The Morgan fingerprint density at radius 3 is 2.72 bits per heavy atom. The van der Waals surface area contributed by atoms with Crippen LogP contribution < -0.4 is 0 Å². The topological polar surface area (TPSA) is 90.8 Å². The van der Waals surface area contributed by atoms with Crippen LogP contribution in [0.3, 0.4) is 0 Å². The molecule has 1 aromatic heterocycles. The van der Waals surface area contributed by atoms with Crippen molar-refractivity contribution in [3.05, 3.63) is 82.6 Å². The zero-order valence-electron chi connectivity index (χ0n) is 23.3. The number of benzene rings is 1. The maximum absolute atomic E-state index is 12.7. The predicted octanol–water partition coefficient (Wildman–Crippen LogP) is 7.24. The van der Waals surface area contributed by atoms with Gasteiger partial charge < -0.3 is 19.7 Å². The van der Waals surface area contributed by atoms with E-state index in [-0.39, 0.29) is 17.9 Å². The van der Waals surface area contributed by atoms with Gasteiger partial charge in [0.1, 0.15) is 5.60 Å². The Kier molecular flexibility index (Phi) is 9.13. The van der Waals surface area contributed by atoms with Crippen LogP contribution in [0.15, 0.2) is 65.7 Å². The summed E-state index contributed by atoms with van der Waals surface area (Å²) in [4.78, 5) is 26.4. The SMILES string of the molecule is C=CN=C1/C(=C\C)C(CCC(O)c2cnc[nH]2)=Cc2cc(Cl)ccc2C1C1CCN(C(=O)OC(C)(C)C)CC1. The van der Waals surface area contributed by atoms with Crippen molar-refractivity contribution in [1.82, 2.24) is 14.9 Å². The summed E-state index contributed by atoms with van der Waals surface area (Å²) in [5.41, 5.74) is 5.51. The molecule has 1 aromatic carbocycles. The number of aliphatic hydroxyl groups is 1. The van der Waals surface area contributed by atoms with Gasteiger partial charge in [-0.15, -0.1) is 0 Å². The molecule has 2 heterocycles. The molecule has 1 aliphatic heterocycles. The second kappa shape index (κ2) is 12.3. The molecule has 208 valence electrons. The first-order valence-corrected chi connectivity index (χ1v) is 14.0. The highest BCUT2D eigenvalue weighted by Crippen LogP contribution is 2.43. The van der Waals surface area contributed by atoms with E-state index < -0.39 is 11.7 Å². The summed E-state index contributed by atoms with van der Waals surface area (Å²) in [5, 5.41) is 11.4. The number of likely N-dealkylation sites (tertiary alicyclic amines) is 1. The fourth-order valence-corrected chi connectivity index (χ4v) is 5.78. The van der Waals surface area contributed by atoms with E-state index in [0.29, 0.717) is 36.6 Å². The smallest absolute Gasteiger partial charge is 0.410 e. The fourth-order valence-electron chi connectivity index (χ4n) is 5.60. The molecule has 1 amide bonds. The number of piperidine rings is 1. The molecule has 0 spiro atoms. The lowest BCUT2D eigenvalue weighted by molar-refractivity contribution is 0.0181. The molecule has 7 nitrogen and oxygen atoms in total. The minimum absolute atomic E-state index is 0.00790. The van der Waals surface area contributed by atoms with Gasteiger partial charge in [-0.05, 0) is 93.7 Å². The van der Waals surface area contributed by atoms with Crippen LogP contribution in [0.25, 0.3) is 6.08 Å². The highest BCUT2D eigenvalue weighted by atomic mass is 35.5. The van der Waals surface area contributed by atoms with Crippen LogP contribution in [-0.2, 0) is 4.74 Å². The van der Waals surface area contributed by atoms with Gasteiger partial charge in [-0.25, -0.2) is 9.78 Å². The third kappa shape index (κ3) is 6.89. The first kappa shape index (κ1) is 28.8. The van der Waals surface area contributed by atoms with E-state index in [4.69, 9.17) is 21.3 Å². The number of halogens is 1. The van der Waals surface area contributed by atoms with Crippen molar-refractivity contribution >= 4 is 29.5 Å². The first-order chi connectivity index (χ1) is 18.6. The van der Waals surface area contributed by atoms with Crippen molar-refractivity contribution in [2.45, 2.75) is 71.0 Å². The molecule has 2 unspecified atom stereocenters. The number of allylic oxidation sites excluding steroid dienone is 3. The molecule has 4 rings (SSSR count). The number of amides is 1. The minimum atomic E-state index is -0.652. The Labute approximate surface area is 236 Å². The van der Waals surface area contributed by atoms with E-state index in [1.807, 2.05) is 44.7 Å². The van der Waals surface area contributed by atoms with Gasteiger partial charge in [0.15, 0.2) is 0 Å². The number of carbonyl (C=O) groups is 1. The van der Waals surface area contributed by atoms with Crippen LogP contribution >= 0.6 is 11.6 Å². The van der Waals surface area contributed by atoms with Gasteiger partial charge in [0.25, 0.3) is 0 Å². The third-order valence-electron chi connectivity index (χ3n) is 7.38. The number of ether oxygens (including phenoxy) is 1. The maximum atomic E-state index is 12.7. The highest BCUT2D eigenvalue weighted by molar-refractivity contribution is 6.30. The lowest BCUT2D eigenvalue weighted by Gasteiger charge is -2.37. The number of nitrogens with one attached hydrogen (secondary N) is 1. The molecular weight excluding hydrogens is 512 g/mol. The highest BCUT2D eigenvalue weighted by Gasteiger charge is 2.37. The quantitative estimate of drug-likeness (QED) is 0.396. The van der Waals surface area contributed by atoms with E-state index in [0.717, 1.165) is 35.3 Å². The molecule has 2 N–H and O–H groups in total. The molecule has 0 radical (unpaired) electrons. The van der Waals surface area contributed by atoms with Gasteiger partial charge >= 0.3 is 6.09 Å². The number of rotatable bonds is 6. The summed E-state index contributed by atoms with van der Waals surface area (Å²) < 4.78 is 5.62. The second-order valence-electron chi connectivity index (χ2n) is 11.2. The predicted molar refractivity (Wildman–Crippen MR) is 157 cm³/mol. The number of fused-ring (bicyclic) bond motifs is 1.